The molecule has 1 aliphatic heterocycles. The first-order chi connectivity index (χ1) is 14.6. The molecule has 8 heteroatoms. The molecule has 0 bridgehead atoms. The van der Waals surface area contributed by atoms with Gasteiger partial charge in [0.15, 0.2) is 11.5 Å². The number of hydrogen-bond donors (Lipinski definition) is 0. The molecule has 1 aromatic carbocycles. The number of nitrogens with zero attached hydrogens (tertiary/aromatic N) is 3. The Morgan fingerprint density at radius 3 is 2.33 bits per heavy atom. The van der Waals surface area contributed by atoms with Crippen LogP contribution in [-0.4, -0.2) is 49.5 Å². The quantitative estimate of drug-likeness (QED) is 0.547. The number of thiophene rings is 1. The van der Waals surface area contributed by atoms with Gasteiger partial charge in [0.1, 0.15) is 0 Å². The molecule has 3 heterocycles. The van der Waals surface area contributed by atoms with Crippen molar-refractivity contribution in [2.24, 2.45) is 0 Å². The van der Waals surface area contributed by atoms with Crippen molar-refractivity contribution >= 4 is 11.3 Å². The maximum Gasteiger partial charge on any atom is 0.258 e. The smallest absolute Gasteiger partial charge is 0.258 e. The van der Waals surface area contributed by atoms with Gasteiger partial charge in [-0.05, 0) is 67.6 Å². The molecule has 3 aromatic rings. The van der Waals surface area contributed by atoms with Gasteiger partial charge in [0.25, 0.3) is 5.89 Å². The van der Waals surface area contributed by atoms with E-state index < -0.39 is 0 Å². The van der Waals surface area contributed by atoms with Crippen LogP contribution >= 0.6 is 11.3 Å². The number of piperidine rings is 1. The Morgan fingerprint density at radius 1 is 1.07 bits per heavy atom. The lowest BCUT2D eigenvalue weighted by Crippen LogP contribution is -2.32. The Kier molecular flexibility index (Phi) is 6.24. The molecule has 30 heavy (non-hydrogen) atoms. The summed E-state index contributed by atoms with van der Waals surface area (Å²) in [4.78, 5) is 3.49. The minimum absolute atomic E-state index is 0.308. The topological polar surface area (TPSA) is 69.9 Å². The van der Waals surface area contributed by atoms with E-state index in [4.69, 9.17) is 18.6 Å². The first-order valence-electron chi connectivity index (χ1n) is 10.0. The third-order valence-corrected chi connectivity index (χ3v) is 6.57. The molecule has 0 atom stereocenters. The highest BCUT2D eigenvalue weighted by Crippen LogP contribution is 2.39. The van der Waals surface area contributed by atoms with Gasteiger partial charge in [-0.2, -0.15) is 0 Å². The van der Waals surface area contributed by atoms with E-state index in [1.54, 1.807) is 32.7 Å². The van der Waals surface area contributed by atoms with Crippen LogP contribution in [0, 0.1) is 6.92 Å². The summed E-state index contributed by atoms with van der Waals surface area (Å²) in [5, 5.41) is 10.7. The van der Waals surface area contributed by atoms with Gasteiger partial charge in [-0.25, -0.2) is 0 Å². The second-order valence-corrected chi connectivity index (χ2v) is 8.38. The van der Waals surface area contributed by atoms with Crippen molar-refractivity contribution in [2.75, 3.05) is 34.4 Å². The van der Waals surface area contributed by atoms with E-state index in [2.05, 4.69) is 33.5 Å². The lowest BCUT2D eigenvalue weighted by molar-refractivity contribution is 0.192. The highest BCUT2D eigenvalue weighted by atomic mass is 32.1. The van der Waals surface area contributed by atoms with Crippen molar-refractivity contribution in [3.8, 4) is 28.0 Å². The largest absolute Gasteiger partial charge is 0.493 e. The SMILES string of the molecule is COc1cc(CN2CCC(c3nnc(-c4sccc4C)o3)CC2)cc(OC)c1OC. The Hall–Kier alpha value is -2.58. The van der Waals surface area contributed by atoms with Crippen molar-refractivity contribution in [1.82, 2.24) is 15.1 Å². The number of aromatic nitrogens is 2. The zero-order chi connectivity index (χ0) is 21.1. The number of rotatable bonds is 7. The van der Waals surface area contributed by atoms with Crippen LogP contribution in [0.15, 0.2) is 28.0 Å². The number of methoxy groups -OCH3 is 3. The zero-order valence-corrected chi connectivity index (χ0v) is 18.6. The molecule has 1 fully saturated rings. The molecular formula is C22H27N3O4S. The molecule has 2 aromatic heterocycles. The third-order valence-electron chi connectivity index (χ3n) is 5.56. The normalized spacial score (nSPS) is 15.3. The van der Waals surface area contributed by atoms with E-state index >= 15 is 0 Å². The molecule has 160 valence electrons. The van der Waals surface area contributed by atoms with Crippen LogP contribution in [-0.2, 0) is 6.54 Å². The summed E-state index contributed by atoms with van der Waals surface area (Å²) >= 11 is 1.64. The van der Waals surface area contributed by atoms with Gasteiger partial charge in [-0.1, -0.05) is 0 Å². The van der Waals surface area contributed by atoms with Crippen LogP contribution in [0.4, 0.5) is 0 Å². The minimum atomic E-state index is 0.308. The summed E-state index contributed by atoms with van der Waals surface area (Å²) < 4.78 is 22.4. The molecule has 0 aliphatic carbocycles. The number of ether oxygens (including phenoxy) is 3. The summed E-state index contributed by atoms with van der Waals surface area (Å²) in [6.07, 6.45) is 1.99. The molecular weight excluding hydrogens is 402 g/mol. The van der Waals surface area contributed by atoms with Crippen LogP contribution in [0.2, 0.25) is 0 Å². The van der Waals surface area contributed by atoms with E-state index in [0.717, 1.165) is 48.8 Å². The highest BCUT2D eigenvalue weighted by molar-refractivity contribution is 7.13. The summed E-state index contributed by atoms with van der Waals surface area (Å²) in [6, 6.07) is 6.10. The maximum absolute atomic E-state index is 6.01. The fourth-order valence-corrected chi connectivity index (χ4v) is 4.75. The lowest BCUT2D eigenvalue weighted by atomic mass is 9.96. The molecule has 0 amide bonds. The number of benzene rings is 1. The van der Waals surface area contributed by atoms with Gasteiger partial charge in [-0.15, -0.1) is 21.5 Å². The molecule has 0 unspecified atom stereocenters. The molecule has 0 saturated carbocycles. The average molecular weight is 430 g/mol. The lowest BCUT2D eigenvalue weighted by Gasteiger charge is -2.30. The van der Waals surface area contributed by atoms with Crippen molar-refractivity contribution in [1.29, 1.82) is 0 Å². The molecule has 0 radical (unpaired) electrons. The van der Waals surface area contributed by atoms with E-state index in [0.29, 0.717) is 29.1 Å². The highest BCUT2D eigenvalue weighted by Gasteiger charge is 2.26. The van der Waals surface area contributed by atoms with Gasteiger partial charge < -0.3 is 18.6 Å². The number of likely N-dealkylation sites (tertiary alicyclic amines) is 1. The van der Waals surface area contributed by atoms with E-state index in [1.807, 2.05) is 12.1 Å². The zero-order valence-electron chi connectivity index (χ0n) is 17.8. The van der Waals surface area contributed by atoms with Gasteiger partial charge in [0.2, 0.25) is 11.6 Å². The summed E-state index contributed by atoms with van der Waals surface area (Å²) in [5.74, 6) is 3.69. The van der Waals surface area contributed by atoms with Crippen molar-refractivity contribution in [2.45, 2.75) is 32.2 Å². The monoisotopic (exact) mass is 429 g/mol. The van der Waals surface area contributed by atoms with Crippen molar-refractivity contribution in [3.05, 3.63) is 40.6 Å². The molecule has 0 spiro atoms. The standard InChI is InChI=1S/C22H27N3O4S/c1-14-7-10-30-20(14)22-24-23-21(29-22)16-5-8-25(9-6-16)13-15-11-17(26-2)19(28-4)18(12-15)27-3/h7,10-12,16H,5-6,8-9,13H2,1-4H3. The number of hydrogen-bond acceptors (Lipinski definition) is 8. The Morgan fingerprint density at radius 2 is 1.77 bits per heavy atom. The third kappa shape index (κ3) is 4.15. The van der Waals surface area contributed by atoms with Gasteiger partial charge in [-0.3, -0.25) is 4.90 Å². The van der Waals surface area contributed by atoms with Crippen molar-refractivity contribution < 1.29 is 18.6 Å². The van der Waals surface area contributed by atoms with Crippen LogP contribution in [0.25, 0.3) is 10.8 Å². The van der Waals surface area contributed by atoms with Crippen molar-refractivity contribution in [3.63, 3.8) is 0 Å². The Labute approximate surface area is 180 Å². The fourth-order valence-electron chi connectivity index (χ4n) is 3.91. The van der Waals surface area contributed by atoms with Crippen LogP contribution in [0.5, 0.6) is 17.2 Å². The van der Waals surface area contributed by atoms with Gasteiger partial charge >= 0.3 is 0 Å². The van der Waals surface area contributed by atoms with Crippen LogP contribution < -0.4 is 14.2 Å². The Balaban J connectivity index is 1.40. The molecule has 7 nitrogen and oxygen atoms in total. The minimum Gasteiger partial charge on any atom is -0.493 e. The fraction of sp³-hybridized carbons (Fsp3) is 0.455. The molecule has 0 N–H and O–H groups in total. The van der Waals surface area contributed by atoms with Gasteiger partial charge in [0.05, 0.1) is 26.2 Å². The van der Waals surface area contributed by atoms with Gasteiger partial charge in [0, 0.05) is 12.5 Å². The summed E-state index contributed by atoms with van der Waals surface area (Å²) in [7, 11) is 4.90. The molecule has 1 saturated heterocycles. The van der Waals surface area contributed by atoms with Crippen LogP contribution in [0.3, 0.4) is 0 Å². The maximum atomic E-state index is 6.01. The average Bonchev–Trinajstić information content (AvgIpc) is 3.42. The number of aryl methyl sites for hydroxylation is 1. The first kappa shape index (κ1) is 20.7. The summed E-state index contributed by atoms with van der Waals surface area (Å²) in [6.45, 7) is 4.83. The van der Waals surface area contributed by atoms with E-state index in [-0.39, 0.29) is 0 Å². The van der Waals surface area contributed by atoms with E-state index in [9.17, 15) is 0 Å². The predicted molar refractivity (Wildman–Crippen MR) is 116 cm³/mol. The van der Waals surface area contributed by atoms with Crippen LogP contribution in [0.1, 0.15) is 35.8 Å². The second-order valence-electron chi connectivity index (χ2n) is 7.46. The van der Waals surface area contributed by atoms with E-state index in [1.165, 1.54) is 5.56 Å². The summed E-state index contributed by atoms with van der Waals surface area (Å²) in [5.41, 5.74) is 2.31. The Bertz CT molecular complexity index is 967. The predicted octanol–water partition coefficient (Wildman–Crippen LogP) is 4.51. The second kappa shape index (κ2) is 9.06. The first-order valence-corrected chi connectivity index (χ1v) is 10.9. The molecule has 1 aliphatic rings. The molecule has 4 rings (SSSR count).